The van der Waals surface area contributed by atoms with Gasteiger partial charge in [0.05, 0.1) is 18.1 Å². The van der Waals surface area contributed by atoms with Crippen LogP contribution in [0.15, 0.2) is 36.8 Å². The predicted molar refractivity (Wildman–Crippen MR) is 78.2 cm³/mol. The van der Waals surface area contributed by atoms with Crippen LogP contribution in [0.4, 0.5) is 11.4 Å². The fourth-order valence-corrected chi connectivity index (χ4v) is 2.19. The van der Waals surface area contributed by atoms with Crippen LogP contribution in [0.1, 0.15) is 0 Å². The number of hydrogen-bond donors (Lipinski definition) is 0. The summed E-state index contributed by atoms with van der Waals surface area (Å²) >= 11 is 0. The fraction of sp³-hybridized carbons (Fsp3) is 0.286. The highest BCUT2D eigenvalue weighted by Gasteiger charge is 2.18. The minimum absolute atomic E-state index is 0.0703. The van der Waals surface area contributed by atoms with Crippen LogP contribution in [0, 0.1) is 10.1 Å². The Labute approximate surface area is 126 Å². The maximum atomic E-state index is 10.9. The average Bonchev–Trinajstić information content (AvgIpc) is 2.56. The van der Waals surface area contributed by atoms with Gasteiger partial charge < -0.3 is 14.4 Å². The molecule has 0 spiro atoms. The Balaban J connectivity index is 1.82. The SMILES string of the molecule is O=[N+]([O-])c1cncnc1Oc1cccc(N2CCOCC2)c1. The molecule has 3 rings (SSSR count). The predicted octanol–water partition coefficient (Wildman–Crippen LogP) is 2.01. The molecule has 0 atom stereocenters. The number of hydrogen-bond acceptors (Lipinski definition) is 7. The minimum Gasteiger partial charge on any atom is -0.434 e. The molecule has 1 aliphatic heterocycles. The van der Waals surface area contributed by atoms with Gasteiger partial charge in [0.25, 0.3) is 0 Å². The van der Waals surface area contributed by atoms with Gasteiger partial charge in [-0.05, 0) is 12.1 Å². The van der Waals surface area contributed by atoms with Crippen LogP contribution >= 0.6 is 0 Å². The second kappa shape index (κ2) is 6.35. The van der Waals surface area contributed by atoms with Gasteiger partial charge in [-0.2, -0.15) is 4.98 Å². The summed E-state index contributed by atoms with van der Waals surface area (Å²) in [5.74, 6) is 0.421. The standard InChI is InChI=1S/C14H14N4O4/c19-18(20)13-9-15-10-16-14(13)22-12-3-1-2-11(8-12)17-4-6-21-7-5-17/h1-3,8-10H,4-7H2. The van der Waals surface area contributed by atoms with E-state index in [4.69, 9.17) is 9.47 Å². The molecule has 0 aliphatic carbocycles. The first kappa shape index (κ1) is 14.2. The van der Waals surface area contributed by atoms with Crippen molar-refractivity contribution in [1.29, 1.82) is 0 Å². The van der Waals surface area contributed by atoms with Gasteiger partial charge in [0.15, 0.2) is 0 Å². The summed E-state index contributed by atoms with van der Waals surface area (Å²) in [6, 6.07) is 7.37. The molecule has 1 fully saturated rings. The van der Waals surface area contributed by atoms with Gasteiger partial charge >= 0.3 is 11.6 Å². The summed E-state index contributed by atoms with van der Waals surface area (Å²) in [4.78, 5) is 20.0. The molecule has 1 saturated heterocycles. The molecular formula is C14H14N4O4. The first-order chi connectivity index (χ1) is 10.7. The first-order valence-electron chi connectivity index (χ1n) is 6.79. The highest BCUT2D eigenvalue weighted by molar-refractivity contribution is 5.52. The van der Waals surface area contributed by atoms with E-state index in [2.05, 4.69) is 14.9 Å². The number of morpholine rings is 1. The lowest BCUT2D eigenvalue weighted by atomic mass is 10.2. The Kier molecular flexibility index (Phi) is 4.10. The molecule has 1 aromatic carbocycles. The van der Waals surface area contributed by atoms with Gasteiger partial charge in [-0.15, -0.1) is 0 Å². The number of anilines is 1. The molecule has 2 heterocycles. The van der Waals surface area contributed by atoms with Crippen LogP contribution < -0.4 is 9.64 Å². The third-order valence-corrected chi connectivity index (χ3v) is 3.26. The van der Waals surface area contributed by atoms with Crippen molar-refractivity contribution in [3.63, 3.8) is 0 Å². The summed E-state index contributed by atoms with van der Waals surface area (Å²) in [6.45, 7) is 2.97. The van der Waals surface area contributed by atoms with Crippen LogP contribution in [0.5, 0.6) is 11.6 Å². The summed E-state index contributed by atoms with van der Waals surface area (Å²) < 4.78 is 10.9. The van der Waals surface area contributed by atoms with Crippen molar-refractivity contribution >= 4 is 11.4 Å². The lowest BCUT2D eigenvalue weighted by Crippen LogP contribution is -2.36. The zero-order valence-electron chi connectivity index (χ0n) is 11.7. The van der Waals surface area contributed by atoms with Crippen LogP contribution in [-0.2, 0) is 4.74 Å². The largest absolute Gasteiger partial charge is 0.434 e. The monoisotopic (exact) mass is 302 g/mol. The lowest BCUT2D eigenvalue weighted by Gasteiger charge is -2.29. The highest BCUT2D eigenvalue weighted by Crippen LogP contribution is 2.30. The van der Waals surface area contributed by atoms with Crippen molar-refractivity contribution in [3.05, 3.63) is 46.9 Å². The third kappa shape index (κ3) is 3.12. The number of nitrogens with zero attached hydrogens (tertiary/aromatic N) is 4. The van der Waals surface area contributed by atoms with Gasteiger partial charge in [-0.25, -0.2) is 4.98 Å². The first-order valence-corrected chi connectivity index (χ1v) is 6.79. The molecule has 8 heteroatoms. The van der Waals surface area contributed by atoms with Gasteiger partial charge in [0.1, 0.15) is 18.3 Å². The second-order valence-electron chi connectivity index (χ2n) is 4.67. The molecule has 0 saturated carbocycles. The second-order valence-corrected chi connectivity index (χ2v) is 4.67. The molecule has 2 aromatic rings. The quantitative estimate of drug-likeness (QED) is 0.630. The summed E-state index contributed by atoms with van der Waals surface area (Å²) in [5.41, 5.74) is 0.719. The van der Waals surface area contributed by atoms with Gasteiger partial charge in [0.2, 0.25) is 0 Å². The van der Waals surface area contributed by atoms with Crippen molar-refractivity contribution in [3.8, 4) is 11.6 Å². The Morgan fingerprint density at radius 2 is 2.14 bits per heavy atom. The van der Waals surface area contributed by atoms with E-state index in [9.17, 15) is 10.1 Å². The van der Waals surface area contributed by atoms with Gasteiger partial charge in [-0.3, -0.25) is 10.1 Å². The van der Waals surface area contributed by atoms with E-state index in [-0.39, 0.29) is 11.6 Å². The van der Waals surface area contributed by atoms with Crippen molar-refractivity contribution in [1.82, 2.24) is 9.97 Å². The van der Waals surface area contributed by atoms with Crippen molar-refractivity contribution in [2.75, 3.05) is 31.2 Å². The van der Waals surface area contributed by atoms with E-state index in [1.807, 2.05) is 18.2 Å². The maximum absolute atomic E-state index is 10.9. The Bertz CT molecular complexity index is 673. The normalized spacial score (nSPS) is 14.6. The van der Waals surface area contributed by atoms with E-state index < -0.39 is 4.92 Å². The van der Waals surface area contributed by atoms with Crippen LogP contribution in [0.3, 0.4) is 0 Å². The highest BCUT2D eigenvalue weighted by atomic mass is 16.6. The fourth-order valence-electron chi connectivity index (χ4n) is 2.19. The van der Waals surface area contributed by atoms with E-state index in [1.165, 1.54) is 6.33 Å². The number of aromatic nitrogens is 2. The molecular weight excluding hydrogens is 288 g/mol. The van der Waals surface area contributed by atoms with Crippen molar-refractivity contribution in [2.45, 2.75) is 0 Å². The number of nitro groups is 1. The van der Waals surface area contributed by atoms with Crippen LogP contribution in [0.25, 0.3) is 0 Å². The molecule has 22 heavy (non-hydrogen) atoms. The summed E-state index contributed by atoms with van der Waals surface area (Å²) in [6.07, 6.45) is 2.34. The molecule has 1 aromatic heterocycles. The summed E-state index contributed by atoms with van der Waals surface area (Å²) in [5, 5.41) is 10.9. The van der Waals surface area contributed by atoms with Gasteiger partial charge in [0, 0.05) is 24.8 Å². The molecule has 0 bridgehead atoms. The molecule has 1 aliphatic rings. The van der Waals surface area contributed by atoms with Gasteiger partial charge in [-0.1, -0.05) is 6.07 Å². The molecule has 0 radical (unpaired) electrons. The van der Waals surface area contributed by atoms with E-state index in [0.717, 1.165) is 25.0 Å². The van der Waals surface area contributed by atoms with E-state index in [0.29, 0.717) is 19.0 Å². The van der Waals surface area contributed by atoms with E-state index in [1.54, 1.807) is 6.07 Å². The smallest absolute Gasteiger partial charge is 0.349 e. The third-order valence-electron chi connectivity index (χ3n) is 3.26. The number of rotatable bonds is 4. The Hall–Kier alpha value is -2.74. The van der Waals surface area contributed by atoms with Crippen molar-refractivity contribution in [2.24, 2.45) is 0 Å². The zero-order valence-corrected chi connectivity index (χ0v) is 11.7. The molecule has 0 amide bonds. The number of ether oxygens (including phenoxy) is 2. The zero-order chi connectivity index (χ0) is 15.4. The molecule has 8 nitrogen and oxygen atoms in total. The molecule has 0 unspecified atom stereocenters. The number of benzene rings is 1. The summed E-state index contributed by atoms with van der Waals surface area (Å²) in [7, 11) is 0. The Morgan fingerprint density at radius 1 is 1.32 bits per heavy atom. The van der Waals surface area contributed by atoms with Crippen LogP contribution in [-0.4, -0.2) is 41.2 Å². The molecule has 114 valence electrons. The lowest BCUT2D eigenvalue weighted by molar-refractivity contribution is -0.386. The molecule has 0 N–H and O–H groups in total. The van der Waals surface area contributed by atoms with Crippen molar-refractivity contribution < 1.29 is 14.4 Å². The van der Waals surface area contributed by atoms with E-state index >= 15 is 0 Å². The average molecular weight is 302 g/mol. The Morgan fingerprint density at radius 3 is 2.91 bits per heavy atom. The maximum Gasteiger partial charge on any atom is 0.349 e. The van der Waals surface area contributed by atoms with Crippen LogP contribution in [0.2, 0.25) is 0 Å². The topological polar surface area (TPSA) is 90.6 Å². The minimum atomic E-state index is -0.568.